The van der Waals surface area contributed by atoms with Crippen molar-refractivity contribution in [2.75, 3.05) is 20.1 Å². The lowest BCUT2D eigenvalue weighted by molar-refractivity contribution is 0.224. The first-order chi connectivity index (χ1) is 8.35. The van der Waals surface area contributed by atoms with E-state index >= 15 is 0 Å². The minimum absolute atomic E-state index is 0.461. The average Bonchev–Trinajstić information content (AvgIpc) is 2.84. The molecule has 1 aromatic rings. The highest BCUT2D eigenvalue weighted by Crippen LogP contribution is 2.23. The van der Waals surface area contributed by atoms with Gasteiger partial charge in [0.2, 0.25) is 0 Å². The van der Waals surface area contributed by atoms with Gasteiger partial charge in [-0.2, -0.15) is 0 Å². The fraction of sp³-hybridized carbons (Fsp3) is 0.600. The van der Waals surface area contributed by atoms with E-state index in [1.54, 1.807) is 0 Å². The van der Waals surface area contributed by atoms with Gasteiger partial charge >= 0.3 is 0 Å². The molecule has 17 heavy (non-hydrogen) atoms. The van der Waals surface area contributed by atoms with Crippen molar-refractivity contribution in [1.29, 1.82) is 0 Å². The van der Waals surface area contributed by atoms with Crippen molar-refractivity contribution in [2.24, 2.45) is 0 Å². The van der Waals surface area contributed by atoms with E-state index in [2.05, 4.69) is 54.5 Å². The summed E-state index contributed by atoms with van der Waals surface area (Å²) in [7, 11) is 2.06. The van der Waals surface area contributed by atoms with Gasteiger partial charge in [0.1, 0.15) is 0 Å². The molecule has 1 aliphatic rings. The third kappa shape index (κ3) is 3.08. The second-order valence-corrected chi connectivity index (χ2v) is 4.95. The minimum Gasteiger partial charge on any atom is -0.312 e. The Hall–Kier alpha value is -0.860. The third-order valence-corrected chi connectivity index (χ3v) is 3.94. The molecule has 1 fully saturated rings. The Morgan fingerprint density at radius 1 is 1.35 bits per heavy atom. The summed E-state index contributed by atoms with van der Waals surface area (Å²) in [5.41, 5.74) is 1.40. The Bertz CT molecular complexity index is 323. The maximum absolute atomic E-state index is 3.45. The molecule has 0 saturated carbocycles. The van der Waals surface area contributed by atoms with Gasteiger partial charge in [0.15, 0.2) is 0 Å². The maximum atomic E-state index is 3.45. The standard InChI is InChI=1S/C15H24N2/c1-3-14-10-7-11-17(14)12-15(16-2)13-8-5-4-6-9-13/h4-6,8-9,14-16H,3,7,10-12H2,1-2H3. The van der Waals surface area contributed by atoms with Crippen molar-refractivity contribution in [3.63, 3.8) is 0 Å². The van der Waals surface area contributed by atoms with Gasteiger partial charge in [-0.1, -0.05) is 37.3 Å². The van der Waals surface area contributed by atoms with Crippen LogP contribution in [0.5, 0.6) is 0 Å². The molecule has 0 bridgehead atoms. The quantitative estimate of drug-likeness (QED) is 0.840. The predicted octanol–water partition coefficient (Wildman–Crippen LogP) is 2.82. The lowest BCUT2D eigenvalue weighted by atomic mass is 10.1. The highest BCUT2D eigenvalue weighted by Gasteiger charge is 2.25. The molecule has 0 aliphatic carbocycles. The largest absolute Gasteiger partial charge is 0.312 e. The van der Waals surface area contributed by atoms with Crippen LogP contribution in [0.25, 0.3) is 0 Å². The Balaban J connectivity index is 2.00. The van der Waals surface area contributed by atoms with Crippen molar-refractivity contribution < 1.29 is 0 Å². The molecular weight excluding hydrogens is 208 g/mol. The zero-order valence-electron chi connectivity index (χ0n) is 11.0. The number of likely N-dealkylation sites (tertiary alicyclic amines) is 1. The third-order valence-electron chi connectivity index (χ3n) is 3.94. The Morgan fingerprint density at radius 3 is 2.76 bits per heavy atom. The average molecular weight is 232 g/mol. The summed E-state index contributed by atoms with van der Waals surface area (Å²) < 4.78 is 0. The van der Waals surface area contributed by atoms with Crippen LogP contribution < -0.4 is 5.32 Å². The molecule has 1 heterocycles. The molecule has 2 unspecified atom stereocenters. The first-order valence-corrected chi connectivity index (χ1v) is 6.81. The van der Waals surface area contributed by atoms with Crippen LogP contribution >= 0.6 is 0 Å². The van der Waals surface area contributed by atoms with Gasteiger partial charge < -0.3 is 5.32 Å². The first-order valence-electron chi connectivity index (χ1n) is 6.81. The van der Waals surface area contributed by atoms with Crippen LogP contribution in [0.3, 0.4) is 0 Å². The lowest BCUT2D eigenvalue weighted by Crippen LogP contribution is -2.36. The van der Waals surface area contributed by atoms with Crippen molar-refractivity contribution >= 4 is 0 Å². The van der Waals surface area contributed by atoms with Gasteiger partial charge in [0.25, 0.3) is 0 Å². The van der Waals surface area contributed by atoms with Crippen LogP contribution in [-0.4, -0.2) is 31.1 Å². The van der Waals surface area contributed by atoms with Crippen LogP contribution in [0.1, 0.15) is 37.8 Å². The number of hydrogen-bond acceptors (Lipinski definition) is 2. The summed E-state index contributed by atoms with van der Waals surface area (Å²) in [4.78, 5) is 2.65. The van der Waals surface area contributed by atoms with Crippen LogP contribution in [0.2, 0.25) is 0 Å². The van der Waals surface area contributed by atoms with Crippen molar-refractivity contribution in [3.8, 4) is 0 Å². The molecule has 0 radical (unpaired) electrons. The number of nitrogens with zero attached hydrogens (tertiary/aromatic N) is 1. The fourth-order valence-electron chi connectivity index (χ4n) is 2.88. The van der Waals surface area contributed by atoms with Crippen molar-refractivity contribution in [2.45, 2.75) is 38.3 Å². The molecule has 2 heteroatoms. The molecule has 1 N–H and O–H groups in total. The summed E-state index contributed by atoms with van der Waals surface area (Å²) in [5.74, 6) is 0. The van der Waals surface area contributed by atoms with Gasteiger partial charge in [-0.25, -0.2) is 0 Å². The smallest absolute Gasteiger partial charge is 0.0446 e. The molecule has 0 amide bonds. The summed E-state index contributed by atoms with van der Waals surface area (Å²) in [6.07, 6.45) is 4.02. The molecule has 0 spiro atoms. The summed E-state index contributed by atoms with van der Waals surface area (Å²) in [6, 6.07) is 12.0. The Kier molecular flexibility index (Phi) is 4.57. The second-order valence-electron chi connectivity index (χ2n) is 4.95. The van der Waals surface area contributed by atoms with E-state index < -0.39 is 0 Å². The van der Waals surface area contributed by atoms with Crippen LogP contribution in [0, 0.1) is 0 Å². The first kappa shape index (κ1) is 12.6. The van der Waals surface area contributed by atoms with E-state index in [0.29, 0.717) is 6.04 Å². The summed E-state index contributed by atoms with van der Waals surface area (Å²) in [5, 5.41) is 3.45. The Labute approximate surface area is 105 Å². The van der Waals surface area contributed by atoms with E-state index in [0.717, 1.165) is 12.6 Å². The molecule has 1 saturated heterocycles. The number of hydrogen-bond donors (Lipinski definition) is 1. The molecule has 0 aromatic heterocycles. The normalized spacial score (nSPS) is 22.8. The Morgan fingerprint density at radius 2 is 2.12 bits per heavy atom. The molecule has 1 aromatic carbocycles. The number of nitrogens with one attached hydrogen (secondary N) is 1. The SMILES string of the molecule is CCC1CCCN1CC(NC)c1ccccc1. The summed E-state index contributed by atoms with van der Waals surface area (Å²) >= 11 is 0. The zero-order chi connectivity index (χ0) is 12.1. The highest BCUT2D eigenvalue weighted by atomic mass is 15.2. The second kappa shape index (κ2) is 6.18. The van der Waals surface area contributed by atoms with Crippen LogP contribution in [0.15, 0.2) is 30.3 Å². The molecule has 2 nitrogen and oxygen atoms in total. The molecule has 2 atom stereocenters. The maximum Gasteiger partial charge on any atom is 0.0446 e. The predicted molar refractivity (Wildman–Crippen MR) is 73.1 cm³/mol. The number of rotatable bonds is 5. The van der Waals surface area contributed by atoms with Crippen molar-refractivity contribution in [3.05, 3.63) is 35.9 Å². The molecular formula is C15H24N2. The van der Waals surface area contributed by atoms with E-state index in [1.807, 2.05) is 0 Å². The molecule has 1 aliphatic heterocycles. The van der Waals surface area contributed by atoms with Gasteiger partial charge in [-0.3, -0.25) is 4.90 Å². The van der Waals surface area contributed by atoms with E-state index in [9.17, 15) is 0 Å². The number of benzene rings is 1. The van der Waals surface area contributed by atoms with Gasteiger partial charge in [-0.15, -0.1) is 0 Å². The van der Waals surface area contributed by atoms with E-state index in [1.165, 1.54) is 31.4 Å². The highest BCUT2D eigenvalue weighted by molar-refractivity contribution is 5.19. The van der Waals surface area contributed by atoms with Gasteiger partial charge in [0.05, 0.1) is 0 Å². The van der Waals surface area contributed by atoms with Gasteiger partial charge in [-0.05, 0) is 38.4 Å². The van der Waals surface area contributed by atoms with Crippen LogP contribution in [-0.2, 0) is 0 Å². The monoisotopic (exact) mass is 232 g/mol. The molecule has 94 valence electrons. The lowest BCUT2D eigenvalue weighted by Gasteiger charge is -2.28. The van der Waals surface area contributed by atoms with Crippen molar-refractivity contribution in [1.82, 2.24) is 10.2 Å². The van der Waals surface area contributed by atoms with Gasteiger partial charge in [0, 0.05) is 18.6 Å². The van der Waals surface area contributed by atoms with E-state index in [4.69, 9.17) is 0 Å². The number of likely N-dealkylation sites (N-methyl/N-ethyl adjacent to an activating group) is 1. The fourth-order valence-corrected chi connectivity index (χ4v) is 2.88. The topological polar surface area (TPSA) is 15.3 Å². The summed E-state index contributed by atoms with van der Waals surface area (Å²) in [6.45, 7) is 4.71. The van der Waals surface area contributed by atoms with Crippen LogP contribution in [0.4, 0.5) is 0 Å². The molecule has 2 rings (SSSR count). The zero-order valence-corrected chi connectivity index (χ0v) is 11.0. The van der Waals surface area contributed by atoms with E-state index in [-0.39, 0.29) is 0 Å². The minimum atomic E-state index is 0.461.